The van der Waals surface area contributed by atoms with E-state index in [1.54, 1.807) is 30.3 Å². The van der Waals surface area contributed by atoms with Crippen LogP contribution in [0.1, 0.15) is 22.8 Å². The summed E-state index contributed by atoms with van der Waals surface area (Å²) in [4.78, 5) is 24.1. The van der Waals surface area contributed by atoms with Gasteiger partial charge in [0.25, 0.3) is 11.8 Å². The summed E-state index contributed by atoms with van der Waals surface area (Å²) in [5, 5.41) is 0.728. The van der Waals surface area contributed by atoms with Crippen LogP contribution in [0.2, 0.25) is 10.0 Å². The Morgan fingerprint density at radius 2 is 1.89 bits per heavy atom. The molecule has 0 radical (unpaired) electrons. The average molecular weight is 409 g/mol. The van der Waals surface area contributed by atoms with Crippen molar-refractivity contribution in [3.63, 3.8) is 0 Å². The van der Waals surface area contributed by atoms with Crippen molar-refractivity contribution in [1.82, 2.24) is 10.9 Å². The number of methoxy groups -OCH3 is 1. The van der Waals surface area contributed by atoms with Gasteiger partial charge in [0.15, 0.2) is 11.5 Å². The van der Waals surface area contributed by atoms with Crippen LogP contribution in [0.3, 0.4) is 0 Å². The van der Waals surface area contributed by atoms with Gasteiger partial charge in [-0.2, -0.15) is 0 Å². The van der Waals surface area contributed by atoms with E-state index in [0.717, 1.165) is 0 Å². The molecule has 0 atom stereocenters. The van der Waals surface area contributed by atoms with Gasteiger partial charge < -0.3 is 9.47 Å². The van der Waals surface area contributed by atoms with Crippen LogP contribution in [0.5, 0.6) is 11.5 Å². The van der Waals surface area contributed by atoms with Gasteiger partial charge in [-0.15, -0.1) is 0 Å². The van der Waals surface area contributed by atoms with Crippen molar-refractivity contribution in [2.24, 2.45) is 0 Å². The Morgan fingerprint density at radius 3 is 2.59 bits per heavy atom. The van der Waals surface area contributed by atoms with E-state index >= 15 is 0 Å². The van der Waals surface area contributed by atoms with Crippen LogP contribution in [-0.2, 0) is 4.79 Å². The monoisotopic (exact) mass is 408 g/mol. The van der Waals surface area contributed by atoms with Crippen LogP contribution < -0.4 is 20.3 Å². The fourth-order valence-corrected chi connectivity index (χ4v) is 2.50. The molecular weight excluding hydrogens is 391 g/mol. The Hall–Kier alpha value is -2.70. The minimum atomic E-state index is -0.530. The van der Waals surface area contributed by atoms with Crippen LogP contribution in [0.15, 0.2) is 42.5 Å². The fourth-order valence-electron chi connectivity index (χ4n) is 2.13. The molecular formula is C19H18Cl2N2O4. The molecule has 0 bridgehead atoms. The van der Waals surface area contributed by atoms with Crippen LogP contribution in [0.4, 0.5) is 0 Å². The molecule has 0 spiro atoms. The highest BCUT2D eigenvalue weighted by molar-refractivity contribution is 6.42. The Bertz CT molecular complexity index is 869. The number of carbonyl (C=O) groups excluding carboxylic acids is 2. The largest absolute Gasteiger partial charge is 0.493 e. The second kappa shape index (κ2) is 9.85. The molecule has 0 saturated heterocycles. The second-order valence-electron chi connectivity index (χ2n) is 5.22. The van der Waals surface area contributed by atoms with E-state index in [1.807, 2.05) is 6.92 Å². The first-order valence-electron chi connectivity index (χ1n) is 7.99. The minimum absolute atomic E-state index is 0.303. The summed E-state index contributed by atoms with van der Waals surface area (Å²) in [6, 6.07) is 9.78. The van der Waals surface area contributed by atoms with Gasteiger partial charge in [0, 0.05) is 11.6 Å². The molecule has 0 aliphatic carbocycles. The Kier molecular flexibility index (Phi) is 7.52. The molecule has 2 rings (SSSR count). The number of benzene rings is 2. The number of amides is 2. The number of hydrazine groups is 1. The highest BCUT2D eigenvalue weighted by Gasteiger charge is 2.11. The van der Waals surface area contributed by atoms with Crippen LogP contribution in [0.25, 0.3) is 6.08 Å². The summed E-state index contributed by atoms with van der Waals surface area (Å²) < 4.78 is 10.6. The van der Waals surface area contributed by atoms with Gasteiger partial charge in [-0.05, 0) is 42.8 Å². The standard InChI is InChI=1S/C19H18Cl2N2O4/c1-3-27-15-9-7-13(11-16(15)26-2)19(25)23-22-17(24)10-8-12-5-4-6-14(20)18(12)21/h4-11H,3H2,1-2H3,(H,22,24)(H,23,25)/b10-8+. The maximum absolute atomic E-state index is 12.2. The molecule has 2 aromatic rings. The lowest BCUT2D eigenvalue weighted by Gasteiger charge is -2.11. The molecule has 0 aliphatic heterocycles. The molecule has 0 saturated carbocycles. The van der Waals surface area contributed by atoms with Crippen molar-refractivity contribution < 1.29 is 19.1 Å². The molecule has 0 heterocycles. The van der Waals surface area contributed by atoms with Gasteiger partial charge in [0.1, 0.15) is 0 Å². The molecule has 0 aromatic heterocycles. The maximum Gasteiger partial charge on any atom is 0.269 e. The van der Waals surface area contributed by atoms with Crippen LogP contribution in [0, 0.1) is 0 Å². The van der Waals surface area contributed by atoms with Crippen molar-refractivity contribution >= 4 is 41.1 Å². The van der Waals surface area contributed by atoms with Gasteiger partial charge in [-0.25, -0.2) is 0 Å². The molecule has 0 unspecified atom stereocenters. The number of hydrogen-bond acceptors (Lipinski definition) is 4. The third kappa shape index (κ3) is 5.64. The van der Waals surface area contributed by atoms with Gasteiger partial charge >= 0.3 is 0 Å². The summed E-state index contributed by atoms with van der Waals surface area (Å²) in [5.41, 5.74) is 5.50. The lowest BCUT2D eigenvalue weighted by Crippen LogP contribution is -2.40. The summed E-state index contributed by atoms with van der Waals surface area (Å²) >= 11 is 12.0. The zero-order valence-electron chi connectivity index (χ0n) is 14.7. The molecule has 27 heavy (non-hydrogen) atoms. The molecule has 142 valence electrons. The zero-order valence-corrected chi connectivity index (χ0v) is 16.2. The number of halogens is 2. The molecule has 8 heteroatoms. The average Bonchev–Trinajstić information content (AvgIpc) is 2.67. The summed E-state index contributed by atoms with van der Waals surface area (Å²) in [6.07, 6.45) is 2.73. The normalized spacial score (nSPS) is 10.5. The second-order valence-corrected chi connectivity index (χ2v) is 6.00. The first-order valence-corrected chi connectivity index (χ1v) is 8.75. The van der Waals surface area contributed by atoms with Crippen LogP contribution >= 0.6 is 23.2 Å². The topological polar surface area (TPSA) is 76.7 Å². The minimum Gasteiger partial charge on any atom is -0.493 e. The number of ether oxygens (including phenoxy) is 2. The van der Waals surface area contributed by atoms with Crippen molar-refractivity contribution in [1.29, 1.82) is 0 Å². The van der Waals surface area contributed by atoms with Crippen LogP contribution in [-0.4, -0.2) is 25.5 Å². The smallest absolute Gasteiger partial charge is 0.269 e. The molecule has 2 N–H and O–H groups in total. The highest BCUT2D eigenvalue weighted by atomic mass is 35.5. The lowest BCUT2D eigenvalue weighted by atomic mass is 10.2. The maximum atomic E-state index is 12.2. The van der Waals surface area contributed by atoms with Gasteiger partial charge in [0.2, 0.25) is 0 Å². The van der Waals surface area contributed by atoms with E-state index < -0.39 is 11.8 Å². The van der Waals surface area contributed by atoms with E-state index in [9.17, 15) is 9.59 Å². The van der Waals surface area contributed by atoms with Crippen molar-refractivity contribution in [3.8, 4) is 11.5 Å². The number of rotatable bonds is 6. The van der Waals surface area contributed by atoms with Crippen molar-refractivity contribution in [3.05, 3.63) is 63.6 Å². The number of carbonyl (C=O) groups is 2. The molecule has 0 fully saturated rings. The highest BCUT2D eigenvalue weighted by Crippen LogP contribution is 2.28. The molecule has 6 nitrogen and oxygen atoms in total. The summed E-state index contributed by atoms with van der Waals surface area (Å²) in [6.45, 7) is 2.32. The third-order valence-electron chi connectivity index (χ3n) is 3.42. The van der Waals surface area contributed by atoms with E-state index in [2.05, 4.69) is 10.9 Å². The fraction of sp³-hybridized carbons (Fsp3) is 0.158. The van der Waals surface area contributed by atoms with Gasteiger partial charge in [-0.1, -0.05) is 35.3 Å². The quantitative estimate of drug-likeness (QED) is 0.561. The SMILES string of the molecule is CCOc1ccc(C(=O)NNC(=O)/C=C/c2cccc(Cl)c2Cl)cc1OC. The third-order valence-corrected chi connectivity index (χ3v) is 4.25. The molecule has 2 amide bonds. The Morgan fingerprint density at radius 1 is 1.11 bits per heavy atom. The summed E-state index contributed by atoms with van der Waals surface area (Å²) in [5.74, 6) is -0.0792. The van der Waals surface area contributed by atoms with E-state index in [1.165, 1.54) is 25.3 Å². The zero-order chi connectivity index (χ0) is 19.8. The first-order chi connectivity index (χ1) is 13.0. The molecule has 0 aliphatic rings. The Balaban J connectivity index is 1.97. The number of hydrogen-bond donors (Lipinski definition) is 2. The van der Waals surface area contributed by atoms with Gasteiger partial charge in [0.05, 0.1) is 23.8 Å². The van der Waals surface area contributed by atoms with Crippen molar-refractivity contribution in [2.45, 2.75) is 6.92 Å². The van der Waals surface area contributed by atoms with E-state index in [4.69, 9.17) is 32.7 Å². The first kappa shape index (κ1) is 20.6. The predicted octanol–water partition coefficient (Wildman–Crippen LogP) is 3.88. The van der Waals surface area contributed by atoms with E-state index in [0.29, 0.717) is 39.3 Å². The van der Waals surface area contributed by atoms with Gasteiger partial charge in [-0.3, -0.25) is 20.4 Å². The predicted molar refractivity (Wildman–Crippen MR) is 105 cm³/mol. The lowest BCUT2D eigenvalue weighted by molar-refractivity contribution is -0.117. The Labute approximate surface area is 167 Å². The molecule has 2 aromatic carbocycles. The van der Waals surface area contributed by atoms with Crippen molar-refractivity contribution in [2.75, 3.05) is 13.7 Å². The summed E-state index contributed by atoms with van der Waals surface area (Å²) in [7, 11) is 1.48. The van der Waals surface area contributed by atoms with E-state index in [-0.39, 0.29) is 0 Å². The number of nitrogens with one attached hydrogen (secondary N) is 2.